The minimum atomic E-state index is -1.47. The van der Waals surface area contributed by atoms with E-state index in [1.807, 2.05) is 48.5 Å². The van der Waals surface area contributed by atoms with Gasteiger partial charge in [0.25, 0.3) is 5.44 Å². The van der Waals surface area contributed by atoms with Crippen LogP contribution in [0.2, 0.25) is 0 Å². The third kappa shape index (κ3) is 3.02. The second kappa shape index (κ2) is 6.19. The lowest BCUT2D eigenvalue weighted by Crippen LogP contribution is -2.30. The highest BCUT2D eigenvalue weighted by Crippen LogP contribution is 2.56. The molecule has 0 aliphatic carbocycles. The number of aliphatic hydroxyl groups excluding tert-OH is 1. The molecule has 2 nitrogen and oxygen atoms in total. The number of benzene rings is 1. The Balaban J connectivity index is 2.55. The lowest BCUT2D eigenvalue weighted by Gasteiger charge is -2.05. The Bertz CT molecular complexity index is 543. The first kappa shape index (κ1) is 13.4. The van der Waals surface area contributed by atoms with Gasteiger partial charge in [-0.3, -0.25) is 0 Å². The van der Waals surface area contributed by atoms with Crippen LogP contribution in [0.1, 0.15) is 5.56 Å². The molecule has 0 fully saturated rings. The average molecular weight is 299 g/mol. The fraction of sp³-hybridized carbons (Fsp3) is 0. The molecule has 0 saturated heterocycles. The molecule has 0 aliphatic rings. The Kier molecular flexibility index (Phi) is 4.60. The van der Waals surface area contributed by atoms with Crippen LogP contribution < -0.4 is 4.57 Å². The van der Waals surface area contributed by atoms with E-state index in [1.54, 1.807) is 17.0 Å². The van der Waals surface area contributed by atoms with Gasteiger partial charge in [0.1, 0.15) is 0 Å². The van der Waals surface area contributed by atoms with Crippen molar-refractivity contribution in [3.8, 4) is 0 Å². The van der Waals surface area contributed by atoms with Crippen molar-refractivity contribution in [2.24, 2.45) is 0 Å². The lowest BCUT2D eigenvalue weighted by molar-refractivity contribution is -0.573. The lowest BCUT2D eigenvalue weighted by atomic mass is 10.2. The summed E-state index contributed by atoms with van der Waals surface area (Å²) in [6.07, 6.45) is 3.60. The summed E-state index contributed by atoms with van der Waals surface area (Å²) in [6, 6.07) is 14.8. The molecule has 0 bridgehead atoms. The van der Waals surface area contributed by atoms with E-state index in [4.69, 9.17) is 22.5 Å². The Hall–Kier alpha value is -1.08. The maximum atomic E-state index is 10.3. The Morgan fingerprint density at radius 2 is 1.50 bits per heavy atom. The normalized spacial score (nSPS) is 12.4. The molecule has 0 saturated carbocycles. The number of aromatic nitrogens is 1. The van der Waals surface area contributed by atoms with Gasteiger partial charge in [-0.25, -0.2) is 0 Å². The van der Waals surface area contributed by atoms with Crippen LogP contribution in [0.25, 0.3) is 11.2 Å². The van der Waals surface area contributed by atoms with Crippen molar-refractivity contribution in [1.82, 2.24) is 0 Å². The summed E-state index contributed by atoms with van der Waals surface area (Å²) in [7, 11) is 0. The van der Waals surface area contributed by atoms with Gasteiger partial charge in [-0.2, -0.15) is 4.57 Å². The summed E-state index contributed by atoms with van der Waals surface area (Å²) >= 11 is 12.0. The smallest absolute Gasteiger partial charge is 0.280 e. The third-order valence-corrected chi connectivity index (χ3v) is 4.10. The zero-order valence-electron chi connectivity index (χ0n) is 9.37. The fourth-order valence-corrected chi connectivity index (χ4v) is 3.16. The first-order valence-electron chi connectivity index (χ1n) is 5.27. The van der Waals surface area contributed by atoms with E-state index in [1.165, 1.54) is 0 Å². The second-order valence-corrected chi connectivity index (χ2v) is 6.99. The Morgan fingerprint density at radius 3 is 2.06 bits per heavy atom. The summed E-state index contributed by atoms with van der Waals surface area (Å²) in [5.74, 6) is 0.0999. The van der Waals surface area contributed by atoms with E-state index in [-0.39, 0.29) is 5.76 Å². The van der Waals surface area contributed by atoms with Gasteiger partial charge in [-0.15, -0.1) is 0 Å². The highest BCUT2D eigenvalue weighted by molar-refractivity contribution is 8.10. The monoisotopic (exact) mass is 298 g/mol. The number of halogens is 2. The highest BCUT2D eigenvalue weighted by atomic mass is 35.9. The molecule has 0 atom stereocenters. The maximum absolute atomic E-state index is 10.3. The van der Waals surface area contributed by atoms with Crippen LogP contribution in [0.5, 0.6) is 0 Å². The van der Waals surface area contributed by atoms with Gasteiger partial charge in [-0.05, 0) is 0 Å². The average Bonchev–Trinajstić information content (AvgIpc) is 2.40. The van der Waals surface area contributed by atoms with Crippen LogP contribution in [0.4, 0.5) is 0 Å². The molecule has 0 radical (unpaired) electrons. The van der Waals surface area contributed by atoms with Crippen molar-refractivity contribution in [3.05, 3.63) is 66.5 Å². The predicted molar refractivity (Wildman–Crippen MR) is 77.4 cm³/mol. The van der Waals surface area contributed by atoms with E-state index >= 15 is 0 Å². The van der Waals surface area contributed by atoms with E-state index < -0.39 is 6.63 Å². The summed E-state index contributed by atoms with van der Waals surface area (Å²) < 4.78 is 1.73. The van der Waals surface area contributed by atoms with E-state index in [0.29, 0.717) is 11.0 Å². The van der Waals surface area contributed by atoms with Crippen molar-refractivity contribution < 1.29 is 9.67 Å². The van der Waals surface area contributed by atoms with Crippen LogP contribution in [0, 0.1) is 0 Å². The number of pyridine rings is 1. The first-order valence-corrected chi connectivity index (χ1v) is 8.42. The van der Waals surface area contributed by atoms with Crippen LogP contribution >= 0.6 is 29.1 Å². The van der Waals surface area contributed by atoms with Crippen LogP contribution in [0.15, 0.2) is 60.9 Å². The number of aliphatic hydroxyl groups is 1. The molecule has 1 heterocycles. The molecule has 0 spiro atoms. The van der Waals surface area contributed by atoms with Gasteiger partial charge >= 0.3 is 0 Å². The van der Waals surface area contributed by atoms with Gasteiger partial charge in [-0.1, -0.05) is 58.9 Å². The van der Waals surface area contributed by atoms with Gasteiger partial charge in [0.15, 0.2) is 24.8 Å². The standard InChI is InChI=1S/C13H10Cl2NOP/c14-18(15)13(16-9-5-2-6-10-16)12(17)11-7-3-1-4-8-11/h1-10H/p+1/b13-12+. The Labute approximate surface area is 116 Å². The van der Waals surface area contributed by atoms with Crippen LogP contribution in [-0.2, 0) is 0 Å². The molecule has 18 heavy (non-hydrogen) atoms. The van der Waals surface area contributed by atoms with Crippen LogP contribution in [-0.4, -0.2) is 5.11 Å². The largest absolute Gasteiger partial charge is 0.502 e. The van der Waals surface area contributed by atoms with Crippen molar-refractivity contribution in [1.29, 1.82) is 0 Å². The van der Waals surface area contributed by atoms with Gasteiger partial charge in [0.05, 0.1) is 0 Å². The van der Waals surface area contributed by atoms with Crippen molar-refractivity contribution in [3.63, 3.8) is 0 Å². The van der Waals surface area contributed by atoms with Gasteiger partial charge in [0, 0.05) is 17.7 Å². The third-order valence-electron chi connectivity index (χ3n) is 2.38. The van der Waals surface area contributed by atoms with Gasteiger partial charge < -0.3 is 5.11 Å². The summed E-state index contributed by atoms with van der Waals surface area (Å²) in [6.45, 7) is -1.47. The summed E-state index contributed by atoms with van der Waals surface area (Å²) in [4.78, 5) is 0. The quantitative estimate of drug-likeness (QED) is 0.499. The summed E-state index contributed by atoms with van der Waals surface area (Å²) in [5, 5.41) is 10.3. The topological polar surface area (TPSA) is 24.1 Å². The first-order chi connectivity index (χ1) is 8.70. The van der Waals surface area contributed by atoms with E-state index in [2.05, 4.69) is 0 Å². The molecule has 92 valence electrons. The molecule has 1 aromatic heterocycles. The molecule has 2 aromatic rings. The molecular weight excluding hydrogens is 288 g/mol. The fourth-order valence-electron chi connectivity index (χ4n) is 1.55. The zero-order chi connectivity index (χ0) is 13.0. The molecule has 2 rings (SSSR count). The molecule has 1 N–H and O–H groups in total. The Morgan fingerprint density at radius 1 is 0.944 bits per heavy atom. The molecule has 5 heteroatoms. The predicted octanol–water partition coefficient (Wildman–Crippen LogP) is 4.60. The van der Waals surface area contributed by atoms with Crippen molar-refractivity contribution in [2.75, 3.05) is 0 Å². The molecular formula is C13H11Cl2NOP+. The number of rotatable bonds is 3. The van der Waals surface area contributed by atoms with E-state index in [0.717, 1.165) is 0 Å². The van der Waals surface area contributed by atoms with Crippen molar-refractivity contribution >= 4 is 40.3 Å². The minimum absolute atomic E-state index is 0.0999. The minimum Gasteiger partial charge on any atom is -0.502 e. The molecule has 0 unspecified atom stereocenters. The van der Waals surface area contributed by atoms with Crippen molar-refractivity contribution in [2.45, 2.75) is 0 Å². The number of nitrogens with zero attached hydrogens (tertiary/aromatic N) is 1. The molecule has 0 amide bonds. The maximum Gasteiger partial charge on any atom is 0.280 e. The molecule has 0 aliphatic heterocycles. The summed E-state index contributed by atoms with van der Waals surface area (Å²) in [5.41, 5.74) is 1.19. The highest BCUT2D eigenvalue weighted by Gasteiger charge is 2.25. The molecule has 1 aromatic carbocycles. The van der Waals surface area contributed by atoms with E-state index in [9.17, 15) is 5.11 Å². The second-order valence-electron chi connectivity index (χ2n) is 3.55. The van der Waals surface area contributed by atoms with Crippen LogP contribution in [0.3, 0.4) is 0 Å². The number of hydrogen-bond acceptors (Lipinski definition) is 1. The van der Waals surface area contributed by atoms with Gasteiger partial charge in [0.2, 0.25) is 0 Å². The zero-order valence-corrected chi connectivity index (χ0v) is 11.8. The number of hydrogen-bond donors (Lipinski definition) is 1. The SMILES string of the molecule is O/C(=C(\[n+]1ccccc1)P(Cl)Cl)c1ccccc1.